The van der Waals surface area contributed by atoms with Crippen LogP contribution in [0.25, 0.3) is 0 Å². The number of benzene rings is 1. The molecule has 48 valence electrons. The molecular formula is C7H11N2+. The van der Waals surface area contributed by atoms with Crippen LogP contribution in [0, 0.1) is 6.92 Å². The van der Waals surface area contributed by atoms with E-state index >= 15 is 0 Å². The Morgan fingerprint density at radius 2 is 1.78 bits per heavy atom. The zero-order chi connectivity index (χ0) is 6.69. The predicted molar refractivity (Wildman–Crippen MR) is 37.7 cm³/mol. The quantitative estimate of drug-likeness (QED) is 0.526. The molecule has 4 N–H and O–H groups in total. The van der Waals surface area contributed by atoms with Gasteiger partial charge in [0, 0.05) is 0 Å². The smallest absolute Gasteiger partial charge is 0.0847 e. The Bertz CT molecular complexity index is 179. The minimum Gasteiger partial charge on any atom is -0.258 e. The van der Waals surface area contributed by atoms with Crippen LogP contribution in [0.4, 0.5) is 5.69 Å². The first-order valence-corrected chi connectivity index (χ1v) is 2.92. The molecule has 0 aromatic heterocycles. The van der Waals surface area contributed by atoms with E-state index < -0.39 is 0 Å². The minimum absolute atomic E-state index is 1.06. The molecule has 0 radical (unpaired) electrons. The van der Waals surface area contributed by atoms with Crippen molar-refractivity contribution in [1.29, 1.82) is 0 Å². The third kappa shape index (κ3) is 1.44. The molecular weight excluding hydrogens is 112 g/mol. The van der Waals surface area contributed by atoms with Gasteiger partial charge in [-0.15, -0.1) is 0 Å². The Kier molecular flexibility index (Phi) is 1.70. The van der Waals surface area contributed by atoms with E-state index in [0.29, 0.717) is 0 Å². The molecule has 1 rings (SSSR count). The van der Waals surface area contributed by atoms with Gasteiger partial charge in [0.15, 0.2) is 0 Å². The van der Waals surface area contributed by atoms with E-state index in [1.165, 1.54) is 5.56 Å². The van der Waals surface area contributed by atoms with E-state index in [0.717, 1.165) is 5.69 Å². The third-order valence-corrected chi connectivity index (χ3v) is 1.26. The second-order valence-electron chi connectivity index (χ2n) is 2.04. The van der Waals surface area contributed by atoms with Crippen LogP contribution in [0.2, 0.25) is 0 Å². The second kappa shape index (κ2) is 2.51. The van der Waals surface area contributed by atoms with Crippen molar-refractivity contribution < 1.29 is 5.84 Å². The molecule has 2 nitrogen and oxygen atoms in total. The van der Waals surface area contributed by atoms with Gasteiger partial charge in [0.1, 0.15) is 0 Å². The predicted octanol–water partition coefficient (Wildman–Crippen LogP) is 0.564. The lowest BCUT2D eigenvalue weighted by Gasteiger charge is -1.94. The summed E-state index contributed by atoms with van der Waals surface area (Å²) in [6.07, 6.45) is 0. The van der Waals surface area contributed by atoms with Gasteiger partial charge >= 0.3 is 0 Å². The number of hydrogen-bond acceptors (Lipinski definition) is 1. The van der Waals surface area contributed by atoms with Crippen molar-refractivity contribution in [1.82, 2.24) is 0 Å². The Balaban J connectivity index is 2.88. The van der Waals surface area contributed by atoms with Crippen LogP contribution >= 0.6 is 0 Å². The maximum atomic E-state index is 3.54. The summed E-state index contributed by atoms with van der Waals surface area (Å²) >= 11 is 0. The number of quaternary nitrogens is 1. The van der Waals surface area contributed by atoms with Gasteiger partial charge in [0.05, 0.1) is 5.69 Å². The van der Waals surface area contributed by atoms with Crippen molar-refractivity contribution in [3.63, 3.8) is 0 Å². The SMILES string of the molecule is Cc1ccc(N[NH3+])cc1. The number of aryl methyl sites for hydroxylation is 1. The van der Waals surface area contributed by atoms with Crippen LogP contribution in [-0.2, 0) is 0 Å². The highest BCUT2D eigenvalue weighted by atomic mass is 15.2. The van der Waals surface area contributed by atoms with Gasteiger partial charge in [-0.1, -0.05) is 17.7 Å². The van der Waals surface area contributed by atoms with E-state index in [1.54, 1.807) is 0 Å². The fraction of sp³-hybridized carbons (Fsp3) is 0.143. The molecule has 0 atom stereocenters. The molecule has 2 heteroatoms. The average Bonchev–Trinajstić information content (AvgIpc) is 1.90. The normalized spacial score (nSPS) is 9.11. The Labute approximate surface area is 54.7 Å². The Morgan fingerprint density at radius 1 is 1.22 bits per heavy atom. The van der Waals surface area contributed by atoms with Crippen molar-refractivity contribution in [2.75, 3.05) is 5.43 Å². The number of hydrogen-bond donors (Lipinski definition) is 2. The standard InChI is InChI=1S/C7H10N2/c1-6-2-4-7(9-8)5-3-6/h2-5,9H,8H2,1H3/p+1. The number of nitrogens with one attached hydrogen (secondary N) is 1. The van der Waals surface area contributed by atoms with Gasteiger partial charge in [0.2, 0.25) is 0 Å². The lowest BCUT2D eigenvalue weighted by atomic mass is 10.2. The molecule has 0 aliphatic carbocycles. The Hall–Kier alpha value is -1.02. The summed E-state index contributed by atoms with van der Waals surface area (Å²) in [5.41, 5.74) is 5.13. The zero-order valence-electron chi connectivity index (χ0n) is 5.52. The summed E-state index contributed by atoms with van der Waals surface area (Å²) < 4.78 is 0. The van der Waals surface area contributed by atoms with Crippen molar-refractivity contribution in [3.8, 4) is 0 Å². The first-order valence-electron chi connectivity index (χ1n) is 2.92. The molecule has 0 amide bonds. The first-order chi connectivity index (χ1) is 4.33. The summed E-state index contributed by atoms with van der Waals surface area (Å²) in [6, 6.07) is 8.10. The molecule has 0 aliphatic rings. The third-order valence-electron chi connectivity index (χ3n) is 1.26. The molecule has 1 aromatic carbocycles. The molecule has 0 fully saturated rings. The van der Waals surface area contributed by atoms with Crippen LogP contribution in [0.1, 0.15) is 5.56 Å². The molecule has 9 heavy (non-hydrogen) atoms. The first kappa shape index (κ1) is 6.11. The summed E-state index contributed by atoms with van der Waals surface area (Å²) in [4.78, 5) is 0. The van der Waals surface area contributed by atoms with Crippen LogP contribution < -0.4 is 11.3 Å². The van der Waals surface area contributed by atoms with Gasteiger partial charge in [-0.3, -0.25) is 5.84 Å². The van der Waals surface area contributed by atoms with Gasteiger partial charge in [-0.2, -0.15) is 0 Å². The monoisotopic (exact) mass is 123 g/mol. The van der Waals surface area contributed by atoms with Crippen LogP contribution in [0.15, 0.2) is 24.3 Å². The minimum atomic E-state index is 1.06. The van der Waals surface area contributed by atoms with Crippen LogP contribution in [-0.4, -0.2) is 0 Å². The Morgan fingerprint density at radius 3 is 2.22 bits per heavy atom. The molecule has 0 bridgehead atoms. The summed E-state index contributed by atoms with van der Waals surface area (Å²) in [5, 5.41) is 0. The number of anilines is 1. The van der Waals surface area contributed by atoms with Gasteiger partial charge in [0.25, 0.3) is 0 Å². The lowest BCUT2D eigenvalue weighted by Crippen LogP contribution is -2.56. The molecule has 0 saturated heterocycles. The van der Waals surface area contributed by atoms with Gasteiger partial charge in [-0.25, -0.2) is 5.43 Å². The summed E-state index contributed by atoms with van der Waals surface area (Å²) in [6.45, 7) is 2.06. The van der Waals surface area contributed by atoms with Crippen molar-refractivity contribution in [2.45, 2.75) is 6.92 Å². The largest absolute Gasteiger partial charge is 0.258 e. The van der Waals surface area contributed by atoms with E-state index in [2.05, 4.69) is 18.2 Å². The molecule has 1 aromatic rings. The maximum absolute atomic E-state index is 3.54. The molecule has 0 unspecified atom stereocenters. The highest BCUT2D eigenvalue weighted by Gasteiger charge is 1.85. The highest BCUT2D eigenvalue weighted by molar-refractivity contribution is 5.41. The summed E-state index contributed by atoms with van der Waals surface area (Å²) in [5.74, 6) is 3.54. The van der Waals surface area contributed by atoms with Gasteiger partial charge < -0.3 is 0 Å². The second-order valence-corrected chi connectivity index (χ2v) is 2.04. The van der Waals surface area contributed by atoms with Crippen molar-refractivity contribution in [2.24, 2.45) is 0 Å². The van der Waals surface area contributed by atoms with Crippen molar-refractivity contribution in [3.05, 3.63) is 29.8 Å². The van der Waals surface area contributed by atoms with Crippen LogP contribution in [0.3, 0.4) is 0 Å². The maximum Gasteiger partial charge on any atom is 0.0847 e. The fourth-order valence-electron chi connectivity index (χ4n) is 0.671. The highest BCUT2D eigenvalue weighted by Crippen LogP contribution is 2.05. The lowest BCUT2D eigenvalue weighted by molar-refractivity contribution is -0.325. The zero-order valence-corrected chi connectivity index (χ0v) is 5.52. The van der Waals surface area contributed by atoms with E-state index in [4.69, 9.17) is 0 Å². The fourth-order valence-corrected chi connectivity index (χ4v) is 0.671. The van der Waals surface area contributed by atoms with Gasteiger partial charge in [-0.05, 0) is 19.1 Å². The van der Waals surface area contributed by atoms with Crippen molar-refractivity contribution >= 4 is 5.69 Å². The average molecular weight is 123 g/mol. The topological polar surface area (TPSA) is 39.7 Å². The van der Waals surface area contributed by atoms with E-state index in [-0.39, 0.29) is 0 Å². The van der Waals surface area contributed by atoms with Crippen LogP contribution in [0.5, 0.6) is 0 Å². The number of rotatable bonds is 1. The molecule has 0 heterocycles. The molecule has 0 saturated carbocycles. The summed E-state index contributed by atoms with van der Waals surface area (Å²) in [7, 11) is 0. The van der Waals surface area contributed by atoms with E-state index in [1.807, 2.05) is 24.3 Å². The molecule has 0 spiro atoms. The van der Waals surface area contributed by atoms with E-state index in [9.17, 15) is 0 Å². The molecule has 0 aliphatic heterocycles.